The number of fused-ring (bicyclic) bond motifs is 1. The van der Waals surface area contributed by atoms with E-state index in [9.17, 15) is 5.11 Å². The van der Waals surface area contributed by atoms with Crippen LogP contribution in [-0.2, 0) is 4.74 Å². The molecule has 1 aromatic heterocycles. The second kappa shape index (κ2) is 5.27. The Labute approximate surface area is 113 Å². The summed E-state index contributed by atoms with van der Waals surface area (Å²) < 4.78 is 5.58. The van der Waals surface area contributed by atoms with Crippen LogP contribution < -0.4 is 0 Å². The summed E-state index contributed by atoms with van der Waals surface area (Å²) in [6.45, 7) is 2.82. The second-order valence-electron chi connectivity index (χ2n) is 5.29. The highest BCUT2D eigenvalue weighted by atomic mass is 16.5. The minimum Gasteiger partial charge on any atom is -0.388 e. The molecule has 0 spiro atoms. The van der Waals surface area contributed by atoms with Gasteiger partial charge in [0.2, 0.25) is 0 Å². The van der Waals surface area contributed by atoms with Crippen molar-refractivity contribution in [3.63, 3.8) is 0 Å². The summed E-state index contributed by atoms with van der Waals surface area (Å²) in [5.41, 5.74) is 2.95. The molecule has 1 N–H and O–H groups in total. The van der Waals surface area contributed by atoms with Gasteiger partial charge >= 0.3 is 0 Å². The molecular weight excluding hydrogens is 238 g/mol. The van der Waals surface area contributed by atoms with E-state index in [-0.39, 0.29) is 6.10 Å². The molecule has 3 nitrogen and oxygen atoms in total. The first-order chi connectivity index (χ1) is 9.22. The third kappa shape index (κ3) is 2.77. The van der Waals surface area contributed by atoms with Crippen LogP contribution in [0.25, 0.3) is 10.9 Å². The van der Waals surface area contributed by atoms with Gasteiger partial charge in [0.1, 0.15) is 0 Å². The average Bonchev–Trinajstić information content (AvgIpc) is 2.91. The number of benzene rings is 1. The molecule has 19 heavy (non-hydrogen) atoms. The van der Waals surface area contributed by atoms with Gasteiger partial charge in [0.05, 0.1) is 17.7 Å². The lowest BCUT2D eigenvalue weighted by Crippen LogP contribution is -2.11. The van der Waals surface area contributed by atoms with Gasteiger partial charge in [-0.2, -0.15) is 0 Å². The van der Waals surface area contributed by atoms with Gasteiger partial charge in [-0.25, -0.2) is 0 Å². The van der Waals surface area contributed by atoms with E-state index in [2.05, 4.69) is 11.1 Å². The first-order valence-corrected chi connectivity index (χ1v) is 6.89. The topological polar surface area (TPSA) is 42.4 Å². The predicted octanol–water partition coefficient (Wildman–Crippen LogP) is 3.15. The van der Waals surface area contributed by atoms with Crippen molar-refractivity contribution < 1.29 is 9.84 Å². The van der Waals surface area contributed by atoms with Crippen molar-refractivity contribution in [2.45, 2.75) is 38.4 Å². The number of aromatic nitrogens is 1. The number of hydrogen-bond acceptors (Lipinski definition) is 3. The monoisotopic (exact) mass is 257 g/mol. The van der Waals surface area contributed by atoms with E-state index in [4.69, 9.17) is 4.74 Å². The summed E-state index contributed by atoms with van der Waals surface area (Å²) in [6, 6.07) is 10.0. The van der Waals surface area contributed by atoms with Crippen molar-refractivity contribution in [3.05, 3.63) is 41.6 Å². The molecule has 0 bridgehead atoms. The quantitative estimate of drug-likeness (QED) is 0.918. The summed E-state index contributed by atoms with van der Waals surface area (Å²) in [6.07, 6.45) is 2.62. The fourth-order valence-electron chi connectivity index (χ4n) is 2.67. The van der Waals surface area contributed by atoms with E-state index in [1.165, 1.54) is 0 Å². The fourth-order valence-corrected chi connectivity index (χ4v) is 2.67. The standard InChI is InChI=1S/C16H19NO2/c1-11-4-5-12-9-13(6-7-15(12)17-11)16(18)10-14-3-2-8-19-14/h4-7,9,14,16,18H,2-3,8,10H2,1H3. The molecule has 1 aromatic carbocycles. The van der Waals surface area contributed by atoms with E-state index in [1.807, 2.05) is 31.2 Å². The summed E-state index contributed by atoms with van der Waals surface area (Å²) in [7, 11) is 0. The van der Waals surface area contributed by atoms with Crippen LogP contribution >= 0.6 is 0 Å². The third-order valence-electron chi connectivity index (χ3n) is 3.75. The van der Waals surface area contributed by atoms with Gasteiger partial charge in [0, 0.05) is 24.1 Å². The molecule has 2 aromatic rings. The van der Waals surface area contributed by atoms with Gasteiger partial charge in [-0.1, -0.05) is 12.1 Å². The Bertz CT molecular complexity index is 576. The van der Waals surface area contributed by atoms with Crippen molar-refractivity contribution in [2.24, 2.45) is 0 Å². The van der Waals surface area contributed by atoms with E-state index < -0.39 is 6.10 Å². The lowest BCUT2D eigenvalue weighted by atomic mass is 10.0. The number of aliphatic hydroxyl groups excluding tert-OH is 1. The maximum Gasteiger partial charge on any atom is 0.0815 e. The highest BCUT2D eigenvalue weighted by Gasteiger charge is 2.20. The first kappa shape index (κ1) is 12.6. The molecule has 1 aliphatic rings. The lowest BCUT2D eigenvalue weighted by molar-refractivity contribution is 0.0535. The number of ether oxygens (including phenoxy) is 1. The number of pyridine rings is 1. The normalized spacial score (nSPS) is 20.8. The Kier molecular flexibility index (Phi) is 3.49. The molecule has 2 heterocycles. The van der Waals surface area contributed by atoms with Gasteiger partial charge < -0.3 is 9.84 Å². The number of rotatable bonds is 3. The van der Waals surface area contributed by atoms with Gasteiger partial charge in [-0.15, -0.1) is 0 Å². The second-order valence-corrected chi connectivity index (χ2v) is 5.29. The zero-order chi connectivity index (χ0) is 13.2. The van der Waals surface area contributed by atoms with Crippen molar-refractivity contribution in [1.29, 1.82) is 0 Å². The Morgan fingerprint density at radius 3 is 3.05 bits per heavy atom. The predicted molar refractivity (Wildman–Crippen MR) is 75.0 cm³/mol. The van der Waals surface area contributed by atoms with Gasteiger partial charge in [-0.3, -0.25) is 4.98 Å². The molecule has 3 heteroatoms. The van der Waals surface area contributed by atoms with Crippen molar-refractivity contribution >= 4 is 10.9 Å². The lowest BCUT2D eigenvalue weighted by Gasteiger charge is -2.16. The zero-order valence-electron chi connectivity index (χ0n) is 11.2. The number of hydrogen-bond donors (Lipinski definition) is 1. The fraction of sp³-hybridized carbons (Fsp3) is 0.438. The molecule has 1 aliphatic heterocycles. The number of nitrogens with zero attached hydrogens (tertiary/aromatic N) is 1. The summed E-state index contributed by atoms with van der Waals surface area (Å²) >= 11 is 0. The Morgan fingerprint density at radius 2 is 2.26 bits per heavy atom. The summed E-state index contributed by atoms with van der Waals surface area (Å²) in [5, 5.41) is 11.4. The van der Waals surface area contributed by atoms with E-state index in [0.717, 1.165) is 41.6 Å². The molecule has 0 radical (unpaired) electrons. The zero-order valence-corrected chi connectivity index (χ0v) is 11.2. The molecule has 3 rings (SSSR count). The average molecular weight is 257 g/mol. The summed E-state index contributed by atoms with van der Waals surface area (Å²) in [4.78, 5) is 4.47. The van der Waals surface area contributed by atoms with Crippen LogP contribution in [0.2, 0.25) is 0 Å². The Morgan fingerprint density at radius 1 is 1.37 bits per heavy atom. The molecule has 1 fully saturated rings. The minimum absolute atomic E-state index is 0.210. The SMILES string of the molecule is Cc1ccc2cc(C(O)CC3CCCO3)ccc2n1. The minimum atomic E-state index is -0.450. The molecule has 2 atom stereocenters. The van der Waals surface area contributed by atoms with Crippen LogP contribution in [0.5, 0.6) is 0 Å². The molecule has 0 amide bonds. The van der Waals surface area contributed by atoms with Gasteiger partial charge in [0.25, 0.3) is 0 Å². The van der Waals surface area contributed by atoms with Crippen LogP contribution in [0.3, 0.4) is 0 Å². The van der Waals surface area contributed by atoms with E-state index >= 15 is 0 Å². The molecule has 0 saturated carbocycles. The van der Waals surface area contributed by atoms with Crippen molar-refractivity contribution in [3.8, 4) is 0 Å². The van der Waals surface area contributed by atoms with Gasteiger partial charge in [-0.05, 0) is 43.5 Å². The summed E-state index contributed by atoms with van der Waals surface area (Å²) in [5.74, 6) is 0. The van der Waals surface area contributed by atoms with Crippen molar-refractivity contribution in [2.75, 3.05) is 6.61 Å². The molecule has 100 valence electrons. The van der Waals surface area contributed by atoms with Crippen molar-refractivity contribution in [1.82, 2.24) is 4.98 Å². The third-order valence-corrected chi connectivity index (χ3v) is 3.75. The van der Waals surface area contributed by atoms with Crippen LogP contribution in [-0.4, -0.2) is 22.8 Å². The smallest absolute Gasteiger partial charge is 0.0815 e. The molecular formula is C16H19NO2. The Balaban J connectivity index is 1.81. The highest BCUT2D eigenvalue weighted by Crippen LogP contribution is 2.26. The maximum atomic E-state index is 10.3. The number of aryl methyl sites for hydroxylation is 1. The van der Waals surface area contributed by atoms with E-state index in [0.29, 0.717) is 6.42 Å². The maximum absolute atomic E-state index is 10.3. The molecule has 1 saturated heterocycles. The van der Waals surface area contributed by atoms with Crippen LogP contribution in [0.15, 0.2) is 30.3 Å². The Hall–Kier alpha value is -1.45. The van der Waals surface area contributed by atoms with Crippen LogP contribution in [0.1, 0.15) is 36.6 Å². The highest BCUT2D eigenvalue weighted by molar-refractivity contribution is 5.79. The molecule has 2 unspecified atom stereocenters. The van der Waals surface area contributed by atoms with Crippen LogP contribution in [0, 0.1) is 6.92 Å². The van der Waals surface area contributed by atoms with Gasteiger partial charge in [0.15, 0.2) is 0 Å². The molecule has 0 aliphatic carbocycles. The van der Waals surface area contributed by atoms with Crippen LogP contribution in [0.4, 0.5) is 0 Å². The number of aliphatic hydroxyl groups is 1. The first-order valence-electron chi connectivity index (χ1n) is 6.89. The largest absolute Gasteiger partial charge is 0.388 e. The van der Waals surface area contributed by atoms with E-state index in [1.54, 1.807) is 0 Å².